The van der Waals surface area contributed by atoms with Crippen molar-refractivity contribution in [3.8, 4) is 0 Å². The number of hydrogen-bond donors (Lipinski definition) is 1. The molecule has 86 valence electrons. The minimum Gasteiger partial charge on any atom is -0.355 e. The van der Waals surface area contributed by atoms with Gasteiger partial charge in [-0.3, -0.25) is 0 Å². The highest BCUT2D eigenvalue weighted by Crippen LogP contribution is 2.27. The van der Waals surface area contributed by atoms with Gasteiger partial charge in [0.25, 0.3) is 0 Å². The fourth-order valence-corrected chi connectivity index (χ4v) is 2.79. The summed E-state index contributed by atoms with van der Waals surface area (Å²) >= 11 is 0. The van der Waals surface area contributed by atoms with Crippen molar-refractivity contribution in [2.45, 2.75) is 18.9 Å². The van der Waals surface area contributed by atoms with Gasteiger partial charge in [0.1, 0.15) is 11.6 Å². The zero-order chi connectivity index (χ0) is 11.0. The lowest BCUT2D eigenvalue weighted by atomic mass is 9.94. The van der Waals surface area contributed by atoms with E-state index in [9.17, 15) is 4.39 Å². The monoisotopic (exact) mass is 221 g/mol. The molecule has 2 aliphatic rings. The zero-order valence-electron chi connectivity index (χ0n) is 9.19. The van der Waals surface area contributed by atoms with Gasteiger partial charge in [0.05, 0.1) is 6.20 Å². The Labute approximate surface area is 94.7 Å². The Hall–Kier alpha value is -1.16. The first-order chi connectivity index (χ1) is 7.83. The average Bonchev–Trinajstić information content (AvgIpc) is 2.73. The summed E-state index contributed by atoms with van der Waals surface area (Å²) < 4.78 is 12.8. The van der Waals surface area contributed by atoms with Crippen molar-refractivity contribution >= 4 is 5.82 Å². The van der Waals surface area contributed by atoms with Gasteiger partial charge in [0.15, 0.2) is 0 Å². The fraction of sp³-hybridized carbons (Fsp3) is 0.583. The van der Waals surface area contributed by atoms with Crippen molar-refractivity contribution in [1.82, 2.24) is 10.3 Å². The smallest absolute Gasteiger partial charge is 0.141 e. The lowest BCUT2D eigenvalue weighted by molar-refractivity contribution is 0.340. The Balaban J connectivity index is 1.75. The van der Waals surface area contributed by atoms with Gasteiger partial charge in [0.2, 0.25) is 0 Å². The van der Waals surface area contributed by atoms with Crippen LogP contribution in [0.4, 0.5) is 10.2 Å². The molecule has 0 spiro atoms. The van der Waals surface area contributed by atoms with Gasteiger partial charge in [-0.25, -0.2) is 9.37 Å². The Kier molecular flexibility index (Phi) is 2.52. The van der Waals surface area contributed by atoms with Gasteiger partial charge in [0, 0.05) is 19.1 Å². The van der Waals surface area contributed by atoms with Crippen molar-refractivity contribution in [1.29, 1.82) is 0 Å². The number of pyridine rings is 1. The normalized spacial score (nSPS) is 29.2. The number of halogens is 1. The minimum atomic E-state index is -0.265. The van der Waals surface area contributed by atoms with E-state index in [0.29, 0.717) is 6.04 Å². The van der Waals surface area contributed by atoms with Crippen molar-refractivity contribution in [3.05, 3.63) is 24.1 Å². The highest BCUT2D eigenvalue weighted by Gasteiger charge is 2.34. The van der Waals surface area contributed by atoms with Gasteiger partial charge in [-0.15, -0.1) is 0 Å². The molecule has 1 aromatic rings. The first kappa shape index (κ1) is 10.0. The molecular weight excluding hydrogens is 205 g/mol. The number of rotatable bonds is 1. The summed E-state index contributed by atoms with van der Waals surface area (Å²) in [6.45, 7) is 3.19. The van der Waals surface area contributed by atoms with E-state index in [2.05, 4.69) is 15.2 Å². The molecule has 0 radical (unpaired) electrons. The molecule has 0 bridgehead atoms. The molecule has 1 aromatic heterocycles. The number of nitrogens with zero attached hydrogens (tertiary/aromatic N) is 2. The molecular formula is C12H16FN3. The molecule has 0 aromatic carbocycles. The van der Waals surface area contributed by atoms with E-state index < -0.39 is 0 Å². The lowest BCUT2D eigenvalue weighted by Gasteiger charge is -2.24. The SMILES string of the molecule is Fc1ccc(N2CC3CCCNC3C2)nc1. The maximum atomic E-state index is 12.8. The molecule has 2 unspecified atom stereocenters. The highest BCUT2D eigenvalue weighted by molar-refractivity contribution is 5.40. The third-order valence-corrected chi connectivity index (χ3v) is 3.64. The summed E-state index contributed by atoms with van der Waals surface area (Å²) in [4.78, 5) is 6.40. The minimum absolute atomic E-state index is 0.265. The Bertz CT molecular complexity index is 351. The van der Waals surface area contributed by atoms with E-state index in [1.807, 2.05) is 0 Å². The molecule has 3 nitrogen and oxygen atoms in total. The molecule has 4 heteroatoms. The van der Waals surface area contributed by atoms with Crippen LogP contribution in [0.15, 0.2) is 18.3 Å². The van der Waals surface area contributed by atoms with E-state index >= 15 is 0 Å². The average molecular weight is 221 g/mol. The third kappa shape index (κ3) is 1.78. The summed E-state index contributed by atoms with van der Waals surface area (Å²) in [5.41, 5.74) is 0. The second-order valence-electron chi connectivity index (χ2n) is 4.70. The molecule has 3 heterocycles. The van der Waals surface area contributed by atoms with Crippen molar-refractivity contribution in [2.24, 2.45) is 5.92 Å². The molecule has 16 heavy (non-hydrogen) atoms. The highest BCUT2D eigenvalue weighted by atomic mass is 19.1. The van der Waals surface area contributed by atoms with Crippen LogP contribution >= 0.6 is 0 Å². The summed E-state index contributed by atoms with van der Waals surface area (Å²) in [7, 11) is 0. The number of aromatic nitrogens is 1. The fourth-order valence-electron chi connectivity index (χ4n) is 2.79. The predicted molar refractivity (Wildman–Crippen MR) is 60.9 cm³/mol. The van der Waals surface area contributed by atoms with E-state index in [0.717, 1.165) is 31.4 Å². The van der Waals surface area contributed by atoms with Crippen LogP contribution in [0.5, 0.6) is 0 Å². The summed E-state index contributed by atoms with van der Waals surface area (Å²) in [5, 5.41) is 3.55. The number of hydrogen-bond acceptors (Lipinski definition) is 3. The molecule has 3 rings (SSSR count). The Morgan fingerprint density at radius 3 is 3.06 bits per heavy atom. The van der Waals surface area contributed by atoms with Gasteiger partial charge in [-0.05, 0) is 37.4 Å². The number of piperidine rings is 1. The van der Waals surface area contributed by atoms with E-state index in [-0.39, 0.29) is 5.82 Å². The van der Waals surface area contributed by atoms with Crippen molar-refractivity contribution in [3.63, 3.8) is 0 Å². The van der Waals surface area contributed by atoms with Crippen LogP contribution in [0.1, 0.15) is 12.8 Å². The molecule has 0 saturated carbocycles. The molecule has 2 saturated heterocycles. The van der Waals surface area contributed by atoms with E-state index in [1.54, 1.807) is 6.07 Å². The van der Waals surface area contributed by atoms with Crippen LogP contribution in [-0.2, 0) is 0 Å². The second kappa shape index (κ2) is 4.01. The summed E-state index contributed by atoms with van der Waals surface area (Å²) in [5.74, 6) is 1.37. The Morgan fingerprint density at radius 2 is 2.31 bits per heavy atom. The molecule has 1 N–H and O–H groups in total. The van der Waals surface area contributed by atoms with Gasteiger partial charge in [-0.1, -0.05) is 0 Å². The number of fused-ring (bicyclic) bond motifs is 1. The van der Waals surface area contributed by atoms with Crippen LogP contribution in [-0.4, -0.2) is 30.7 Å². The van der Waals surface area contributed by atoms with E-state index in [1.165, 1.54) is 25.1 Å². The Morgan fingerprint density at radius 1 is 1.38 bits per heavy atom. The number of nitrogens with one attached hydrogen (secondary N) is 1. The predicted octanol–water partition coefficient (Wildman–Crippen LogP) is 1.41. The maximum Gasteiger partial charge on any atom is 0.141 e. The topological polar surface area (TPSA) is 28.2 Å². The third-order valence-electron chi connectivity index (χ3n) is 3.64. The van der Waals surface area contributed by atoms with Crippen LogP contribution in [0.25, 0.3) is 0 Å². The number of anilines is 1. The maximum absolute atomic E-state index is 12.8. The standard InChI is InChI=1S/C12H16FN3/c13-10-3-4-12(15-6-10)16-7-9-2-1-5-14-11(9)8-16/h3-4,6,9,11,14H,1-2,5,7-8H2. The molecule has 0 amide bonds. The molecule has 0 aliphatic carbocycles. The first-order valence-electron chi connectivity index (χ1n) is 5.93. The lowest BCUT2D eigenvalue weighted by Crippen LogP contribution is -2.40. The van der Waals surface area contributed by atoms with Crippen LogP contribution < -0.4 is 10.2 Å². The van der Waals surface area contributed by atoms with Crippen molar-refractivity contribution in [2.75, 3.05) is 24.5 Å². The van der Waals surface area contributed by atoms with Gasteiger partial charge >= 0.3 is 0 Å². The largest absolute Gasteiger partial charge is 0.355 e. The first-order valence-corrected chi connectivity index (χ1v) is 5.93. The van der Waals surface area contributed by atoms with Crippen LogP contribution in [0.3, 0.4) is 0 Å². The molecule has 2 fully saturated rings. The van der Waals surface area contributed by atoms with E-state index in [4.69, 9.17) is 0 Å². The summed E-state index contributed by atoms with van der Waals surface area (Å²) in [6.07, 6.45) is 3.87. The molecule has 2 atom stereocenters. The van der Waals surface area contributed by atoms with Crippen LogP contribution in [0, 0.1) is 11.7 Å². The quantitative estimate of drug-likeness (QED) is 0.777. The second-order valence-corrected chi connectivity index (χ2v) is 4.70. The van der Waals surface area contributed by atoms with Gasteiger partial charge in [-0.2, -0.15) is 0 Å². The zero-order valence-corrected chi connectivity index (χ0v) is 9.19. The summed E-state index contributed by atoms with van der Waals surface area (Å²) in [6, 6.07) is 3.85. The van der Waals surface area contributed by atoms with Crippen LogP contribution in [0.2, 0.25) is 0 Å². The molecule has 2 aliphatic heterocycles. The van der Waals surface area contributed by atoms with Crippen molar-refractivity contribution < 1.29 is 4.39 Å². The van der Waals surface area contributed by atoms with Gasteiger partial charge < -0.3 is 10.2 Å².